The topological polar surface area (TPSA) is 94.7 Å². The van der Waals surface area contributed by atoms with Crippen molar-refractivity contribution in [1.29, 1.82) is 0 Å². The van der Waals surface area contributed by atoms with Gasteiger partial charge in [0.05, 0.1) is 36.1 Å². The fourth-order valence-corrected chi connectivity index (χ4v) is 9.28. The van der Waals surface area contributed by atoms with Crippen molar-refractivity contribution in [2.75, 3.05) is 26.3 Å². The van der Waals surface area contributed by atoms with Crippen molar-refractivity contribution in [3.05, 3.63) is 166 Å². The molecule has 316 valence electrons. The maximum absolute atomic E-state index is 13.3. The van der Waals surface area contributed by atoms with Gasteiger partial charge in [0.25, 0.3) is 0 Å². The molecule has 2 atom stereocenters. The number of carbonyl (C=O) groups is 2. The molecule has 6 aromatic rings. The van der Waals surface area contributed by atoms with E-state index in [9.17, 15) is 9.59 Å². The number of amides is 2. The summed E-state index contributed by atoms with van der Waals surface area (Å²) in [4.78, 5) is 39.3. The normalized spacial score (nSPS) is 19.9. The number of fused-ring (bicyclic) bond motifs is 2. The van der Waals surface area contributed by atoms with Gasteiger partial charge in [0.1, 0.15) is 24.7 Å². The van der Waals surface area contributed by atoms with E-state index in [0.717, 1.165) is 119 Å². The smallest absolute Gasteiger partial charge is 0.250 e. The molecule has 0 aliphatic carbocycles. The van der Waals surface area contributed by atoms with Gasteiger partial charge in [-0.1, -0.05) is 48.5 Å². The molecule has 0 bridgehead atoms. The second kappa shape index (κ2) is 17.7. The number of rotatable bonds is 6. The van der Waals surface area contributed by atoms with E-state index >= 15 is 0 Å². The summed E-state index contributed by atoms with van der Waals surface area (Å²) in [5.74, 6) is 2.18. The van der Waals surface area contributed by atoms with Crippen molar-refractivity contribution in [2.45, 2.75) is 78.3 Å². The first-order valence-corrected chi connectivity index (χ1v) is 21.8. The number of benzene rings is 4. The Morgan fingerprint density at radius 3 is 1.42 bits per heavy atom. The van der Waals surface area contributed by atoms with E-state index in [4.69, 9.17) is 9.47 Å². The standard InChI is InChI=1S/2C26H27N3O2/c2*1-18-12-20(9-10-24(18)28-15-19(2)27-17-28)13-22-7-5-11-29(26(22)30)23-14-21-6-3-4-8-25(21)31-16-23/h2*3-4,6,8-10,12-13,15,17,23H,5,7,11,14,16H2,1-2H3/b2*22-13+/t2*23-/m10/s1. The van der Waals surface area contributed by atoms with Crippen LogP contribution in [0, 0.1) is 27.7 Å². The SMILES string of the molecule is Cc1cn(-c2ccc(/C=C3\CCCN([C@@H]4COc5ccccc5C4)C3=O)cc2C)cn1.Cc1cn(-c2ccc(/C=C3\CCCN([C@H]4COc5ccccc5C4)C3=O)cc2C)cn1. The zero-order chi connectivity index (χ0) is 42.7. The van der Waals surface area contributed by atoms with Gasteiger partial charge < -0.3 is 28.4 Å². The van der Waals surface area contributed by atoms with Gasteiger partial charge in [0, 0.05) is 48.0 Å². The number of piperidine rings is 2. The number of imidazole rings is 2. The van der Waals surface area contributed by atoms with Crippen molar-refractivity contribution in [3.63, 3.8) is 0 Å². The highest BCUT2D eigenvalue weighted by Gasteiger charge is 2.34. The summed E-state index contributed by atoms with van der Waals surface area (Å²) < 4.78 is 16.0. The minimum absolute atomic E-state index is 0.0969. The van der Waals surface area contributed by atoms with Gasteiger partial charge in [-0.25, -0.2) is 9.97 Å². The lowest BCUT2D eigenvalue weighted by molar-refractivity contribution is -0.132. The minimum Gasteiger partial charge on any atom is -0.491 e. The Balaban J connectivity index is 0.000000158. The monoisotopic (exact) mass is 826 g/mol. The van der Waals surface area contributed by atoms with Crippen LogP contribution >= 0.6 is 0 Å². The molecule has 0 unspecified atom stereocenters. The van der Waals surface area contributed by atoms with Crippen molar-refractivity contribution >= 4 is 24.0 Å². The van der Waals surface area contributed by atoms with Crippen LogP contribution in [0.5, 0.6) is 11.5 Å². The molecular weight excluding hydrogens is 773 g/mol. The predicted octanol–water partition coefficient (Wildman–Crippen LogP) is 9.00. The first-order valence-electron chi connectivity index (χ1n) is 21.8. The number of aromatic nitrogens is 4. The lowest BCUT2D eigenvalue weighted by atomic mass is 9.95. The largest absolute Gasteiger partial charge is 0.491 e. The molecule has 2 aromatic heterocycles. The van der Waals surface area contributed by atoms with Gasteiger partial charge in [-0.05, 0) is 148 Å². The quantitative estimate of drug-likeness (QED) is 0.156. The molecule has 0 spiro atoms. The molecule has 2 saturated heterocycles. The number of likely N-dealkylation sites (tertiary alicyclic amines) is 2. The Hall–Kier alpha value is -6.68. The molecule has 0 radical (unpaired) electrons. The van der Waals surface area contributed by atoms with E-state index in [1.807, 2.05) is 94.2 Å². The number of ether oxygens (including phenoxy) is 2. The zero-order valence-corrected chi connectivity index (χ0v) is 36.1. The van der Waals surface area contributed by atoms with Gasteiger partial charge >= 0.3 is 0 Å². The first-order chi connectivity index (χ1) is 30.2. The number of aryl methyl sites for hydroxylation is 4. The summed E-state index contributed by atoms with van der Waals surface area (Å²) in [5.41, 5.74) is 12.8. The molecule has 4 aromatic carbocycles. The van der Waals surface area contributed by atoms with Crippen molar-refractivity contribution in [3.8, 4) is 22.9 Å². The van der Waals surface area contributed by atoms with E-state index in [1.54, 1.807) is 0 Å². The van der Waals surface area contributed by atoms with Gasteiger partial charge in [-0.3, -0.25) is 9.59 Å². The van der Waals surface area contributed by atoms with Crippen molar-refractivity contribution in [1.82, 2.24) is 28.9 Å². The molecule has 0 saturated carbocycles. The second-order valence-corrected chi connectivity index (χ2v) is 17.0. The molecule has 2 amide bonds. The summed E-state index contributed by atoms with van der Waals surface area (Å²) >= 11 is 0. The number of nitrogens with zero attached hydrogens (tertiary/aromatic N) is 6. The highest BCUT2D eigenvalue weighted by atomic mass is 16.5. The van der Waals surface area contributed by atoms with E-state index in [0.29, 0.717) is 13.2 Å². The van der Waals surface area contributed by atoms with Crippen molar-refractivity contribution in [2.24, 2.45) is 0 Å². The number of para-hydroxylation sites is 2. The predicted molar refractivity (Wildman–Crippen MR) is 243 cm³/mol. The average molecular weight is 827 g/mol. The maximum Gasteiger partial charge on any atom is 0.250 e. The Bertz CT molecular complexity index is 2510. The molecule has 10 rings (SSSR count). The zero-order valence-electron chi connectivity index (χ0n) is 36.1. The number of hydrogen-bond donors (Lipinski definition) is 0. The highest BCUT2D eigenvalue weighted by Crippen LogP contribution is 2.32. The van der Waals surface area contributed by atoms with E-state index in [1.165, 1.54) is 11.1 Å². The maximum atomic E-state index is 13.3. The van der Waals surface area contributed by atoms with Gasteiger partial charge in [0.2, 0.25) is 11.8 Å². The molecule has 10 heteroatoms. The molecule has 6 heterocycles. The fourth-order valence-electron chi connectivity index (χ4n) is 9.28. The average Bonchev–Trinajstić information content (AvgIpc) is 3.92. The van der Waals surface area contributed by atoms with Crippen LogP contribution in [-0.2, 0) is 22.4 Å². The minimum atomic E-state index is 0.0969. The molecule has 4 aliphatic heterocycles. The van der Waals surface area contributed by atoms with Crippen LogP contribution in [0.3, 0.4) is 0 Å². The third kappa shape index (κ3) is 8.73. The van der Waals surface area contributed by atoms with Crippen LogP contribution in [0.1, 0.15) is 70.5 Å². The van der Waals surface area contributed by atoms with Crippen molar-refractivity contribution < 1.29 is 19.1 Å². The highest BCUT2D eigenvalue weighted by molar-refractivity contribution is 5.99. The van der Waals surface area contributed by atoms with Crippen LogP contribution < -0.4 is 9.47 Å². The number of carbonyl (C=O) groups excluding carboxylic acids is 2. The Labute approximate surface area is 364 Å². The van der Waals surface area contributed by atoms with Crippen LogP contribution in [0.15, 0.2) is 121 Å². The summed E-state index contributed by atoms with van der Waals surface area (Å²) in [6.07, 6.45) is 17.2. The Morgan fingerprint density at radius 1 is 0.581 bits per heavy atom. The lowest BCUT2D eigenvalue weighted by Crippen LogP contribution is -2.49. The summed E-state index contributed by atoms with van der Waals surface area (Å²) in [7, 11) is 0. The molecule has 4 aliphatic rings. The fraction of sp³-hybridized carbons (Fsp3) is 0.308. The Kier molecular flexibility index (Phi) is 11.6. The van der Waals surface area contributed by atoms with Crippen LogP contribution in [0.4, 0.5) is 0 Å². The molecule has 2 fully saturated rings. The summed E-state index contributed by atoms with van der Waals surface area (Å²) in [6.45, 7) is 10.9. The third-order valence-corrected chi connectivity index (χ3v) is 12.5. The second-order valence-electron chi connectivity index (χ2n) is 17.0. The van der Waals surface area contributed by atoms with Crippen LogP contribution in [0.25, 0.3) is 23.5 Å². The van der Waals surface area contributed by atoms with Crippen LogP contribution in [0.2, 0.25) is 0 Å². The number of hydrogen-bond acceptors (Lipinski definition) is 6. The summed E-state index contributed by atoms with van der Waals surface area (Å²) in [5, 5.41) is 0. The van der Waals surface area contributed by atoms with Crippen LogP contribution in [-0.4, -0.2) is 79.1 Å². The molecule has 0 N–H and O–H groups in total. The Morgan fingerprint density at radius 2 is 1.02 bits per heavy atom. The van der Waals surface area contributed by atoms with Gasteiger partial charge in [-0.15, -0.1) is 0 Å². The lowest BCUT2D eigenvalue weighted by Gasteiger charge is -2.38. The first kappa shape index (κ1) is 40.7. The van der Waals surface area contributed by atoms with Gasteiger partial charge in [0.15, 0.2) is 0 Å². The third-order valence-electron chi connectivity index (χ3n) is 12.5. The van der Waals surface area contributed by atoms with E-state index < -0.39 is 0 Å². The van der Waals surface area contributed by atoms with Gasteiger partial charge in [-0.2, -0.15) is 0 Å². The van der Waals surface area contributed by atoms with E-state index in [-0.39, 0.29) is 23.9 Å². The molecule has 10 nitrogen and oxygen atoms in total. The summed E-state index contributed by atoms with van der Waals surface area (Å²) in [6, 6.07) is 29.1. The molecule has 62 heavy (non-hydrogen) atoms. The molecular formula is C52H54N6O4. The van der Waals surface area contributed by atoms with E-state index in [2.05, 4.69) is 84.5 Å².